The molecule has 1 fully saturated rings. The number of carbonyl (C=O) groups is 1. The van der Waals surface area contributed by atoms with Crippen LogP contribution in [0.1, 0.15) is 43.2 Å². The van der Waals surface area contributed by atoms with Crippen LogP contribution in [0.5, 0.6) is 11.6 Å². The molecule has 1 amide bonds. The third-order valence-electron chi connectivity index (χ3n) is 6.43. The van der Waals surface area contributed by atoms with Crippen molar-refractivity contribution in [3.8, 4) is 11.6 Å². The van der Waals surface area contributed by atoms with Gasteiger partial charge in [-0.25, -0.2) is 4.39 Å². The summed E-state index contributed by atoms with van der Waals surface area (Å²) in [4.78, 5) is 24.2. The van der Waals surface area contributed by atoms with Gasteiger partial charge in [0.25, 0.3) is 0 Å². The molecule has 1 aromatic heterocycles. The van der Waals surface area contributed by atoms with Crippen LogP contribution < -0.4 is 10.1 Å². The minimum Gasteiger partial charge on any atom is -0.493 e. The minimum absolute atomic E-state index is 0.0139. The molecule has 0 unspecified atom stereocenters. The maximum atomic E-state index is 14.2. The SMILES string of the molecule is O=Nc1c(O)n(Cc2cc(F)cc3c2OCOC3)c2cc(NC(=O)C3CCCCC3)ccc12. The molecule has 0 saturated heterocycles. The third-order valence-corrected chi connectivity index (χ3v) is 6.43. The highest BCUT2D eigenvalue weighted by Gasteiger charge is 2.24. The molecule has 0 bridgehead atoms. The monoisotopic (exact) mass is 453 g/mol. The summed E-state index contributed by atoms with van der Waals surface area (Å²) in [7, 11) is 0. The van der Waals surface area contributed by atoms with E-state index in [1.165, 1.54) is 16.7 Å². The van der Waals surface area contributed by atoms with E-state index in [1.807, 2.05) is 0 Å². The van der Waals surface area contributed by atoms with Crippen LogP contribution in [0.3, 0.4) is 0 Å². The highest BCUT2D eigenvalue weighted by atomic mass is 19.1. The number of nitrogens with zero attached hydrogens (tertiary/aromatic N) is 2. The first-order chi connectivity index (χ1) is 16.0. The zero-order valence-electron chi connectivity index (χ0n) is 18.0. The quantitative estimate of drug-likeness (QED) is 0.509. The molecule has 2 aliphatic rings. The van der Waals surface area contributed by atoms with E-state index >= 15 is 0 Å². The van der Waals surface area contributed by atoms with Crippen LogP contribution in [0, 0.1) is 16.6 Å². The molecule has 172 valence electrons. The van der Waals surface area contributed by atoms with Crippen LogP contribution in [-0.2, 0) is 22.7 Å². The molecule has 1 aliphatic carbocycles. The number of rotatable bonds is 5. The Morgan fingerprint density at radius 1 is 1.21 bits per heavy atom. The van der Waals surface area contributed by atoms with Gasteiger partial charge in [0.1, 0.15) is 11.6 Å². The Bertz CT molecular complexity index is 1230. The predicted octanol–water partition coefficient (Wildman–Crippen LogP) is 5.32. The average molecular weight is 453 g/mol. The van der Waals surface area contributed by atoms with Crippen LogP contribution >= 0.6 is 0 Å². The van der Waals surface area contributed by atoms with E-state index in [4.69, 9.17) is 9.47 Å². The second-order valence-corrected chi connectivity index (χ2v) is 8.57. The van der Waals surface area contributed by atoms with E-state index < -0.39 is 5.82 Å². The number of carbonyl (C=O) groups excluding carboxylic acids is 1. The lowest BCUT2D eigenvalue weighted by molar-refractivity contribution is -0.120. The molecule has 2 heterocycles. The highest BCUT2D eigenvalue weighted by molar-refractivity contribution is 6.00. The zero-order valence-corrected chi connectivity index (χ0v) is 18.0. The van der Waals surface area contributed by atoms with Crippen molar-refractivity contribution in [3.63, 3.8) is 0 Å². The Balaban J connectivity index is 1.52. The molecule has 2 N–H and O–H groups in total. The normalized spacial score (nSPS) is 16.3. The fraction of sp³-hybridized carbons (Fsp3) is 0.375. The summed E-state index contributed by atoms with van der Waals surface area (Å²) in [6, 6.07) is 7.71. The minimum atomic E-state index is -0.456. The molecule has 1 saturated carbocycles. The molecule has 8 nitrogen and oxygen atoms in total. The maximum absolute atomic E-state index is 14.2. The van der Waals surface area contributed by atoms with Crippen molar-refractivity contribution in [1.29, 1.82) is 0 Å². The van der Waals surface area contributed by atoms with Gasteiger partial charge in [0.05, 0.1) is 18.7 Å². The Kier molecular flexibility index (Phi) is 5.72. The van der Waals surface area contributed by atoms with Crippen molar-refractivity contribution in [2.75, 3.05) is 12.1 Å². The summed E-state index contributed by atoms with van der Waals surface area (Å²) >= 11 is 0. The van der Waals surface area contributed by atoms with Gasteiger partial charge < -0.3 is 24.5 Å². The molecule has 1 aliphatic heterocycles. The number of anilines is 1. The lowest BCUT2D eigenvalue weighted by atomic mass is 9.88. The van der Waals surface area contributed by atoms with Gasteiger partial charge in [0.2, 0.25) is 11.8 Å². The summed E-state index contributed by atoms with van der Waals surface area (Å²) in [5.41, 5.74) is 2.01. The van der Waals surface area contributed by atoms with Crippen molar-refractivity contribution < 1.29 is 23.8 Å². The van der Waals surface area contributed by atoms with Gasteiger partial charge in [-0.05, 0) is 48.4 Å². The number of hydrogen-bond acceptors (Lipinski definition) is 6. The highest BCUT2D eigenvalue weighted by Crippen LogP contribution is 2.41. The molecule has 5 rings (SSSR count). The second-order valence-electron chi connectivity index (χ2n) is 8.57. The van der Waals surface area contributed by atoms with Gasteiger partial charge in [-0.1, -0.05) is 19.3 Å². The van der Waals surface area contributed by atoms with Crippen molar-refractivity contribution >= 4 is 28.2 Å². The summed E-state index contributed by atoms with van der Waals surface area (Å²) in [5, 5.41) is 17.1. The largest absolute Gasteiger partial charge is 0.493 e. The van der Waals surface area contributed by atoms with E-state index in [0.717, 1.165) is 32.1 Å². The lowest BCUT2D eigenvalue weighted by Crippen LogP contribution is -2.24. The number of amides is 1. The summed E-state index contributed by atoms with van der Waals surface area (Å²) in [6.07, 6.45) is 5.00. The molecule has 0 radical (unpaired) electrons. The van der Waals surface area contributed by atoms with Crippen molar-refractivity contribution in [1.82, 2.24) is 4.57 Å². The van der Waals surface area contributed by atoms with E-state index in [-0.39, 0.29) is 43.3 Å². The van der Waals surface area contributed by atoms with Gasteiger partial charge in [-0.15, -0.1) is 4.91 Å². The second kappa shape index (κ2) is 8.82. The fourth-order valence-electron chi connectivity index (χ4n) is 4.80. The number of aromatic nitrogens is 1. The van der Waals surface area contributed by atoms with Crippen molar-refractivity contribution in [2.24, 2.45) is 11.1 Å². The number of nitrogens with one attached hydrogen (secondary N) is 1. The van der Waals surface area contributed by atoms with E-state index in [2.05, 4.69) is 10.5 Å². The smallest absolute Gasteiger partial charge is 0.227 e. The van der Waals surface area contributed by atoms with E-state index in [1.54, 1.807) is 18.2 Å². The maximum Gasteiger partial charge on any atom is 0.227 e. The molecule has 2 aromatic carbocycles. The van der Waals surface area contributed by atoms with Crippen LogP contribution in [-0.4, -0.2) is 22.4 Å². The number of ether oxygens (including phenoxy) is 2. The molecule has 0 spiro atoms. The Morgan fingerprint density at radius 3 is 2.82 bits per heavy atom. The Hall–Kier alpha value is -3.46. The van der Waals surface area contributed by atoms with Crippen molar-refractivity contribution in [3.05, 3.63) is 52.2 Å². The molecular formula is C24H24FN3O5. The predicted molar refractivity (Wildman–Crippen MR) is 120 cm³/mol. The first-order valence-corrected chi connectivity index (χ1v) is 11.1. The molecule has 0 atom stereocenters. The van der Waals surface area contributed by atoms with Crippen LogP contribution in [0.25, 0.3) is 10.9 Å². The molecule has 3 aromatic rings. The number of hydrogen-bond donors (Lipinski definition) is 2. The number of benzene rings is 2. The van der Waals surface area contributed by atoms with Crippen LogP contribution in [0.2, 0.25) is 0 Å². The summed E-state index contributed by atoms with van der Waals surface area (Å²) < 4.78 is 26.5. The number of nitroso groups, excluding NO2 is 1. The van der Waals surface area contributed by atoms with Gasteiger partial charge in [-0.3, -0.25) is 4.79 Å². The lowest BCUT2D eigenvalue weighted by Gasteiger charge is -2.21. The van der Waals surface area contributed by atoms with Gasteiger partial charge in [-0.2, -0.15) is 0 Å². The standard InChI is InChI=1S/C24H24FN3O5/c25-17-8-15(22-16(9-17)12-32-13-33-22)11-28-20-10-18(6-7-19(20)21(27-31)24(28)30)26-23(29)14-4-2-1-3-5-14/h6-10,14,30H,1-5,11-13H2,(H,26,29). The zero-order chi connectivity index (χ0) is 22.9. The molecule has 9 heteroatoms. The summed E-state index contributed by atoms with van der Waals surface area (Å²) in [6.45, 7) is 0.303. The Labute approximate surface area is 189 Å². The van der Waals surface area contributed by atoms with Gasteiger partial charge >= 0.3 is 0 Å². The van der Waals surface area contributed by atoms with E-state index in [0.29, 0.717) is 33.5 Å². The summed E-state index contributed by atoms with van der Waals surface area (Å²) in [5.74, 6) is -0.340. The molecule has 33 heavy (non-hydrogen) atoms. The third kappa shape index (κ3) is 4.04. The first kappa shape index (κ1) is 21.4. The first-order valence-electron chi connectivity index (χ1n) is 11.1. The topological polar surface area (TPSA) is 102 Å². The van der Waals surface area contributed by atoms with Crippen LogP contribution in [0.15, 0.2) is 35.5 Å². The number of fused-ring (bicyclic) bond motifs is 2. The van der Waals surface area contributed by atoms with Crippen molar-refractivity contribution in [2.45, 2.75) is 45.3 Å². The van der Waals surface area contributed by atoms with E-state index in [9.17, 15) is 19.2 Å². The Morgan fingerprint density at radius 2 is 2.03 bits per heavy atom. The van der Waals surface area contributed by atoms with Gasteiger partial charge in [0.15, 0.2) is 12.5 Å². The number of aromatic hydroxyl groups is 1. The molecular weight excluding hydrogens is 429 g/mol. The van der Waals surface area contributed by atoms with Crippen LogP contribution in [0.4, 0.5) is 15.8 Å². The average Bonchev–Trinajstić information content (AvgIpc) is 3.09. The van der Waals surface area contributed by atoms with Gasteiger partial charge in [0, 0.05) is 28.1 Å². The number of halogens is 1. The fourth-order valence-corrected chi connectivity index (χ4v) is 4.80.